The largest absolute Gasteiger partial charge is 0.390 e. The van der Waals surface area contributed by atoms with Crippen molar-refractivity contribution in [2.75, 3.05) is 11.8 Å². The lowest BCUT2D eigenvalue weighted by molar-refractivity contribution is 0.185. The molecule has 0 atom stereocenters. The molecule has 6 nitrogen and oxygen atoms in total. The minimum absolute atomic E-state index is 0.117. The van der Waals surface area contributed by atoms with E-state index >= 15 is 0 Å². The Bertz CT molecular complexity index is 722. The maximum atomic E-state index is 12.3. The highest BCUT2D eigenvalue weighted by atomic mass is 32.2. The maximum absolute atomic E-state index is 12.3. The third-order valence-electron chi connectivity index (χ3n) is 3.05. The summed E-state index contributed by atoms with van der Waals surface area (Å²) in [7, 11) is -0.415. The number of nitrogens with zero attached hydrogens (tertiary/aromatic N) is 1. The quantitative estimate of drug-likeness (QED) is 0.846. The first-order valence-electron chi connectivity index (χ1n) is 6.33. The van der Waals surface area contributed by atoms with Crippen molar-refractivity contribution < 1.29 is 18.3 Å². The Morgan fingerprint density at radius 2 is 2.10 bits per heavy atom. The van der Waals surface area contributed by atoms with Crippen molar-refractivity contribution in [1.29, 1.82) is 0 Å². The smallest absolute Gasteiger partial charge is 0.263 e. The first kappa shape index (κ1) is 15.6. The molecule has 0 spiro atoms. The summed E-state index contributed by atoms with van der Waals surface area (Å²) >= 11 is 0. The van der Waals surface area contributed by atoms with Gasteiger partial charge in [0.25, 0.3) is 10.0 Å². The van der Waals surface area contributed by atoms with Crippen LogP contribution in [0.25, 0.3) is 0 Å². The molecule has 1 aromatic carbocycles. The number of methoxy groups -OCH3 is 1. The molecule has 2 N–H and O–H groups in total. The number of aromatic nitrogens is 1. The highest BCUT2D eigenvalue weighted by Gasteiger charge is 2.17. The summed E-state index contributed by atoms with van der Waals surface area (Å²) in [5.74, 6) is 0. The second-order valence-electron chi connectivity index (χ2n) is 4.68. The second-order valence-corrected chi connectivity index (χ2v) is 6.36. The van der Waals surface area contributed by atoms with Crippen LogP contribution in [0.5, 0.6) is 0 Å². The van der Waals surface area contributed by atoms with Crippen LogP contribution >= 0.6 is 0 Å². The number of hydrogen-bond donors (Lipinski definition) is 2. The van der Waals surface area contributed by atoms with Crippen LogP contribution in [0.15, 0.2) is 41.4 Å². The van der Waals surface area contributed by atoms with Gasteiger partial charge in [-0.05, 0) is 23.8 Å². The van der Waals surface area contributed by atoms with Gasteiger partial charge < -0.3 is 14.4 Å². The Morgan fingerprint density at radius 1 is 1.33 bits per heavy atom. The van der Waals surface area contributed by atoms with Crippen LogP contribution in [-0.2, 0) is 35.0 Å². The molecule has 0 radical (unpaired) electrons. The Kier molecular flexibility index (Phi) is 4.66. The van der Waals surface area contributed by atoms with E-state index in [1.165, 1.54) is 12.3 Å². The van der Waals surface area contributed by atoms with Gasteiger partial charge in [0.15, 0.2) is 0 Å². The monoisotopic (exact) mass is 310 g/mol. The molecule has 1 heterocycles. The first-order valence-corrected chi connectivity index (χ1v) is 7.81. The minimum atomic E-state index is -3.68. The fourth-order valence-electron chi connectivity index (χ4n) is 1.99. The fraction of sp³-hybridized carbons (Fsp3) is 0.286. The van der Waals surface area contributed by atoms with Gasteiger partial charge in [0.05, 0.1) is 13.2 Å². The number of sulfonamides is 1. The van der Waals surface area contributed by atoms with Crippen molar-refractivity contribution in [1.82, 2.24) is 4.57 Å². The fourth-order valence-corrected chi connectivity index (χ4v) is 3.13. The molecule has 0 aliphatic carbocycles. The van der Waals surface area contributed by atoms with E-state index in [1.54, 1.807) is 36.9 Å². The molecular formula is C14H18N2O4S. The lowest BCUT2D eigenvalue weighted by atomic mass is 10.2. The Hall–Kier alpha value is -1.83. The third-order valence-corrected chi connectivity index (χ3v) is 4.39. The number of aryl methyl sites for hydroxylation is 1. The zero-order chi connectivity index (χ0) is 15.5. The van der Waals surface area contributed by atoms with Gasteiger partial charge in [0.1, 0.15) is 4.90 Å². The van der Waals surface area contributed by atoms with Crippen molar-refractivity contribution in [2.24, 2.45) is 7.05 Å². The minimum Gasteiger partial charge on any atom is -0.390 e. The molecule has 0 amide bonds. The van der Waals surface area contributed by atoms with E-state index in [-0.39, 0.29) is 11.5 Å². The number of aliphatic hydroxyl groups excluding tert-OH is 1. The molecule has 21 heavy (non-hydrogen) atoms. The molecule has 0 aliphatic heterocycles. The number of benzene rings is 1. The summed E-state index contributed by atoms with van der Waals surface area (Å²) < 4.78 is 33.8. The molecule has 7 heteroatoms. The number of anilines is 1. The van der Waals surface area contributed by atoms with Gasteiger partial charge in [0, 0.05) is 31.7 Å². The summed E-state index contributed by atoms with van der Waals surface area (Å²) in [6, 6.07) is 8.45. The highest BCUT2D eigenvalue weighted by molar-refractivity contribution is 7.92. The van der Waals surface area contributed by atoms with Crippen LogP contribution in [0.3, 0.4) is 0 Å². The highest BCUT2D eigenvalue weighted by Crippen LogP contribution is 2.19. The Labute approximate surface area is 124 Å². The van der Waals surface area contributed by atoms with E-state index in [4.69, 9.17) is 9.84 Å². The average Bonchev–Trinajstić information content (AvgIpc) is 2.81. The Balaban J connectivity index is 2.26. The SMILES string of the molecule is COCc1cccc(NS(=O)(=O)c2cc(CO)n(C)c2)c1. The number of aliphatic hydroxyl groups is 1. The van der Waals surface area contributed by atoms with Gasteiger partial charge in [-0.1, -0.05) is 12.1 Å². The van der Waals surface area contributed by atoms with Crippen LogP contribution in [0.2, 0.25) is 0 Å². The molecule has 2 aromatic rings. The zero-order valence-corrected chi connectivity index (χ0v) is 12.7. The normalized spacial score (nSPS) is 11.6. The first-order chi connectivity index (χ1) is 9.96. The third kappa shape index (κ3) is 3.63. The predicted molar refractivity (Wildman–Crippen MR) is 79.3 cm³/mol. The van der Waals surface area contributed by atoms with Gasteiger partial charge in [-0.15, -0.1) is 0 Å². The maximum Gasteiger partial charge on any atom is 0.263 e. The summed E-state index contributed by atoms with van der Waals surface area (Å²) in [6.07, 6.45) is 1.47. The van der Waals surface area contributed by atoms with Crippen LogP contribution in [0, 0.1) is 0 Å². The molecule has 114 valence electrons. The molecule has 0 bridgehead atoms. The number of hydrogen-bond acceptors (Lipinski definition) is 4. The lowest BCUT2D eigenvalue weighted by Crippen LogP contribution is -2.12. The van der Waals surface area contributed by atoms with Gasteiger partial charge in [-0.3, -0.25) is 4.72 Å². The van der Waals surface area contributed by atoms with Crippen molar-refractivity contribution >= 4 is 15.7 Å². The molecule has 2 rings (SSSR count). The summed E-state index contributed by atoms with van der Waals surface area (Å²) in [5.41, 5.74) is 1.88. The summed E-state index contributed by atoms with van der Waals surface area (Å²) in [4.78, 5) is 0.117. The molecule has 1 aromatic heterocycles. The molecule has 0 saturated carbocycles. The molecule has 0 fully saturated rings. The standard InChI is InChI=1S/C14H18N2O4S/c1-16-8-14(7-13(16)9-17)21(18,19)15-12-5-3-4-11(6-12)10-20-2/h3-8,15,17H,9-10H2,1-2H3. The van der Waals surface area contributed by atoms with Gasteiger partial charge in [-0.2, -0.15) is 0 Å². The molecular weight excluding hydrogens is 292 g/mol. The van der Waals surface area contributed by atoms with E-state index in [9.17, 15) is 8.42 Å². The predicted octanol–water partition coefficient (Wildman–Crippen LogP) is 1.46. The van der Waals surface area contributed by atoms with E-state index in [0.717, 1.165) is 5.56 Å². The summed E-state index contributed by atoms with van der Waals surface area (Å²) in [5, 5.41) is 9.13. The zero-order valence-electron chi connectivity index (χ0n) is 11.9. The van der Waals surface area contributed by atoms with Crippen molar-refractivity contribution in [2.45, 2.75) is 18.1 Å². The van der Waals surface area contributed by atoms with Crippen molar-refractivity contribution in [3.63, 3.8) is 0 Å². The van der Waals surface area contributed by atoms with Crippen molar-refractivity contribution in [3.05, 3.63) is 47.8 Å². The van der Waals surface area contributed by atoms with E-state index < -0.39 is 10.0 Å². The van der Waals surface area contributed by atoms with E-state index in [1.807, 2.05) is 6.07 Å². The average molecular weight is 310 g/mol. The van der Waals surface area contributed by atoms with E-state index in [2.05, 4.69) is 4.72 Å². The number of ether oxygens (including phenoxy) is 1. The molecule has 0 aliphatic rings. The van der Waals surface area contributed by atoms with Gasteiger partial charge in [-0.25, -0.2) is 8.42 Å². The van der Waals surface area contributed by atoms with Crippen molar-refractivity contribution in [3.8, 4) is 0 Å². The number of nitrogens with one attached hydrogen (secondary N) is 1. The molecule has 0 unspecified atom stereocenters. The van der Waals surface area contributed by atoms with Crippen LogP contribution in [-0.4, -0.2) is 25.2 Å². The van der Waals surface area contributed by atoms with Crippen LogP contribution in [0.1, 0.15) is 11.3 Å². The van der Waals surface area contributed by atoms with Crippen LogP contribution in [0.4, 0.5) is 5.69 Å². The molecule has 0 saturated heterocycles. The van der Waals surface area contributed by atoms with E-state index in [0.29, 0.717) is 18.0 Å². The van der Waals surface area contributed by atoms with Gasteiger partial charge >= 0.3 is 0 Å². The van der Waals surface area contributed by atoms with Crippen LogP contribution < -0.4 is 4.72 Å². The Morgan fingerprint density at radius 3 is 2.71 bits per heavy atom. The second kappa shape index (κ2) is 6.30. The summed E-state index contributed by atoms with van der Waals surface area (Å²) in [6.45, 7) is 0.199. The van der Waals surface area contributed by atoms with Gasteiger partial charge in [0.2, 0.25) is 0 Å². The lowest BCUT2D eigenvalue weighted by Gasteiger charge is -2.08. The number of rotatable bonds is 6. The topological polar surface area (TPSA) is 80.6 Å².